The number of rotatable bonds is 9. The summed E-state index contributed by atoms with van der Waals surface area (Å²) in [5.41, 5.74) is 1.38. The van der Waals surface area contributed by atoms with Gasteiger partial charge in [0.05, 0.1) is 13.2 Å². The summed E-state index contributed by atoms with van der Waals surface area (Å²) in [5, 5.41) is 0. The number of ether oxygens (including phenoxy) is 2. The largest absolute Gasteiger partial charge is 0.458 e. The van der Waals surface area contributed by atoms with E-state index in [1.807, 2.05) is 0 Å². The molecule has 4 heteroatoms. The highest BCUT2D eigenvalue weighted by Gasteiger charge is 2.16. The second-order valence-electron chi connectivity index (χ2n) is 5.09. The Labute approximate surface area is 122 Å². The Balaban J connectivity index is 3.87. The van der Waals surface area contributed by atoms with Crippen LogP contribution in [-0.4, -0.2) is 25.2 Å². The van der Waals surface area contributed by atoms with Crippen molar-refractivity contribution in [3.8, 4) is 0 Å². The van der Waals surface area contributed by atoms with Crippen molar-refractivity contribution in [1.82, 2.24) is 0 Å². The zero-order valence-corrected chi connectivity index (χ0v) is 13.2. The molecule has 0 amide bonds. The van der Waals surface area contributed by atoms with Gasteiger partial charge in [-0.05, 0) is 39.0 Å². The quantitative estimate of drug-likeness (QED) is 0.281. The van der Waals surface area contributed by atoms with Gasteiger partial charge in [-0.15, -0.1) is 0 Å². The third kappa shape index (κ3) is 9.59. The fourth-order valence-electron chi connectivity index (χ4n) is 1.89. The van der Waals surface area contributed by atoms with E-state index in [9.17, 15) is 9.59 Å². The van der Waals surface area contributed by atoms with Gasteiger partial charge in [0.2, 0.25) is 0 Å². The van der Waals surface area contributed by atoms with E-state index in [1.165, 1.54) is 24.8 Å². The Morgan fingerprint density at radius 2 is 1.75 bits per heavy atom. The lowest BCUT2D eigenvalue weighted by Crippen LogP contribution is -2.21. The lowest BCUT2D eigenvalue weighted by Gasteiger charge is -2.09. The fraction of sp³-hybridized carbons (Fsp3) is 0.750. The van der Waals surface area contributed by atoms with Gasteiger partial charge in [0, 0.05) is 0 Å². The van der Waals surface area contributed by atoms with E-state index >= 15 is 0 Å². The predicted molar refractivity (Wildman–Crippen MR) is 79.3 cm³/mol. The summed E-state index contributed by atoms with van der Waals surface area (Å²) in [6.45, 7) is 8.50. The molecule has 4 nitrogen and oxygen atoms in total. The summed E-state index contributed by atoms with van der Waals surface area (Å²) in [4.78, 5) is 22.2. The first-order valence-electron chi connectivity index (χ1n) is 7.52. The summed E-state index contributed by atoms with van der Waals surface area (Å²) in [6, 6.07) is 0. The Bertz CT molecular complexity index is 320. The van der Waals surface area contributed by atoms with Crippen molar-refractivity contribution < 1.29 is 19.1 Å². The van der Waals surface area contributed by atoms with Gasteiger partial charge in [0.15, 0.2) is 0 Å². The molecule has 0 aliphatic heterocycles. The highest BCUT2D eigenvalue weighted by molar-refractivity contribution is 6.29. The van der Waals surface area contributed by atoms with Gasteiger partial charge in [-0.2, -0.15) is 0 Å². The minimum absolute atomic E-state index is 0.185. The van der Waals surface area contributed by atoms with Crippen LogP contribution in [0.5, 0.6) is 0 Å². The van der Waals surface area contributed by atoms with Crippen LogP contribution in [0.1, 0.15) is 59.8 Å². The monoisotopic (exact) mass is 284 g/mol. The molecule has 0 N–H and O–H groups in total. The van der Waals surface area contributed by atoms with E-state index in [0.29, 0.717) is 5.92 Å². The molecule has 1 atom stereocenters. The number of carbonyl (C=O) groups excluding carboxylic acids is 2. The molecule has 20 heavy (non-hydrogen) atoms. The number of hydrogen-bond donors (Lipinski definition) is 0. The van der Waals surface area contributed by atoms with Gasteiger partial charge in [0.25, 0.3) is 0 Å². The molecule has 0 saturated heterocycles. The van der Waals surface area contributed by atoms with E-state index < -0.39 is 11.9 Å². The Morgan fingerprint density at radius 3 is 2.35 bits per heavy atom. The normalized spacial score (nSPS) is 12.9. The molecular weight excluding hydrogens is 256 g/mol. The van der Waals surface area contributed by atoms with E-state index in [0.717, 1.165) is 12.8 Å². The molecule has 0 saturated carbocycles. The van der Waals surface area contributed by atoms with Gasteiger partial charge >= 0.3 is 11.9 Å². The zero-order chi connectivity index (χ0) is 15.4. The summed E-state index contributed by atoms with van der Waals surface area (Å²) < 4.78 is 9.42. The van der Waals surface area contributed by atoms with Gasteiger partial charge in [0.1, 0.15) is 0 Å². The molecule has 0 fully saturated rings. The van der Waals surface area contributed by atoms with Crippen molar-refractivity contribution in [3.63, 3.8) is 0 Å². The second-order valence-corrected chi connectivity index (χ2v) is 5.09. The molecule has 0 radical (unpaired) electrons. The second kappa shape index (κ2) is 11.5. The number of allylic oxidation sites excluding steroid dienone is 2. The molecule has 0 aromatic rings. The van der Waals surface area contributed by atoms with Crippen LogP contribution in [-0.2, 0) is 19.1 Å². The Kier molecular flexibility index (Phi) is 10.7. The number of carbonyl (C=O) groups is 2. The maximum Gasteiger partial charge on any atom is 0.417 e. The van der Waals surface area contributed by atoms with Crippen molar-refractivity contribution in [2.45, 2.75) is 59.8 Å². The van der Waals surface area contributed by atoms with E-state index in [4.69, 9.17) is 4.74 Å². The highest BCUT2D eigenvalue weighted by Crippen LogP contribution is 2.13. The third-order valence-corrected chi connectivity index (χ3v) is 2.99. The topological polar surface area (TPSA) is 52.6 Å². The fourth-order valence-corrected chi connectivity index (χ4v) is 1.89. The average molecular weight is 284 g/mol. The van der Waals surface area contributed by atoms with Crippen LogP contribution in [0, 0.1) is 5.92 Å². The third-order valence-electron chi connectivity index (χ3n) is 2.99. The van der Waals surface area contributed by atoms with E-state index in [2.05, 4.69) is 31.6 Å². The van der Waals surface area contributed by atoms with Crippen LogP contribution < -0.4 is 0 Å². The lowest BCUT2D eigenvalue weighted by molar-refractivity contribution is -0.167. The van der Waals surface area contributed by atoms with Crippen molar-refractivity contribution in [1.29, 1.82) is 0 Å². The molecule has 0 aromatic heterocycles. The SMILES string of the molecule is CCCCCC(C)=CC(C)CCOC(=O)C(=O)OCC. The molecule has 1 unspecified atom stereocenters. The maximum absolute atomic E-state index is 11.2. The molecule has 116 valence electrons. The first kappa shape index (κ1) is 18.7. The molecule has 0 aromatic carbocycles. The zero-order valence-electron chi connectivity index (χ0n) is 13.2. The molecule has 0 aliphatic carbocycles. The smallest absolute Gasteiger partial charge is 0.417 e. The lowest BCUT2D eigenvalue weighted by atomic mass is 10.0. The van der Waals surface area contributed by atoms with Crippen LogP contribution in [0.3, 0.4) is 0 Å². The first-order chi connectivity index (χ1) is 9.51. The summed E-state index contributed by atoms with van der Waals surface area (Å²) in [5.74, 6) is -1.47. The standard InChI is InChI=1S/C16H28O4/c1-5-7-8-9-13(3)12-14(4)10-11-20-16(18)15(17)19-6-2/h12,14H,5-11H2,1-4H3. The molecule has 0 heterocycles. The number of esters is 2. The van der Waals surface area contributed by atoms with Crippen molar-refractivity contribution in [2.75, 3.05) is 13.2 Å². The van der Waals surface area contributed by atoms with Crippen LogP contribution in [0.4, 0.5) is 0 Å². The van der Waals surface area contributed by atoms with Crippen LogP contribution in [0.2, 0.25) is 0 Å². The molecule has 0 bridgehead atoms. The predicted octanol–water partition coefficient (Wildman–Crippen LogP) is 3.65. The van der Waals surface area contributed by atoms with Gasteiger partial charge in [-0.25, -0.2) is 9.59 Å². The van der Waals surface area contributed by atoms with Crippen LogP contribution in [0.15, 0.2) is 11.6 Å². The number of unbranched alkanes of at least 4 members (excludes halogenated alkanes) is 2. The average Bonchev–Trinajstić information content (AvgIpc) is 2.39. The Hall–Kier alpha value is -1.32. The van der Waals surface area contributed by atoms with Crippen LogP contribution >= 0.6 is 0 Å². The summed E-state index contributed by atoms with van der Waals surface area (Å²) >= 11 is 0. The van der Waals surface area contributed by atoms with Crippen molar-refractivity contribution >= 4 is 11.9 Å². The number of hydrogen-bond acceptors (Lipinski definition) is 4. The highest BCUT2D eigenvalue weighted by atomic mass is 16.6. The van der Waals surface area contributed by atoms with Crippen molar-refractivity contribution in [2.24, 2.45) is 5.92 Å². The molecule has 0 rings (SSSR count). The minimum atomic E-state index is -0.911. The molecule has 0 spiro atoms. The van der Waals surface area contributed by atoms with E-state index in [-0.39, 0.29) is 13.2 Å². The summed E-state index contributed by atoms with van der Waals surface area (Å²) in [7, 11) is 0. The summed E-state index contributed by atoms with van der Waals surface area (Å²) in [6.07, 6.45) is 7.78. The minimum Gasteiger partial charge on any atom is -0.458 e. The maximum atomic E-state index is 11.2. The first-order valence-corrected chi connectivity index (χ1v) is 7.52. The molecular formula is C16H28O4. The Morgan fingerprint density at radius 1 is 1.10 bits per heavy atom. The van der Waals surface area contributed by atoms with Gasteiger partial charge in [-0.3, -0.25) is 0 Å². The van der Waals surface area contributed by atoms with Gasteiger partial charge < -0.3 is 9.47 Å². The van der Waals surface area contributed by atoms with Crippen molar-refractivity contribution in [3.05, 3.63) is 11.6 Å². The van der Waals surface area contributed by atoms with E-state index in [1.54, 1.807) is 6.92 Å². The van der Waals surface area contributed by atoms with Gasteiger partial charge in [-0.1, -0.05) is 38.3 Å². The molecule has 0 aliphatic rings. The van der Waals surface area contributed by atoms with Crippen LogP contribution in [0.25, 0.3) is 0 Å².